The number of aryl methyl sites for hydroxylation is 1. The van der Waals surface area contributed by atoms with Gasteiger partial charge < -0.3 is 10.6 Å². The second-order valence-electron chi connectivity index (χ2n) is 4.04. The summed E-state index contributed by atoms with van der Waals surface area (Å²) in [5.41, 5.74) is 3.93. The van der Waals surface area contributed by atoms with Crippen LogP contribution in [-0.2, 0) is 0 Å². The molecule has 0 aliphatic carbocycles. The van der Waals surface area contributed by atoms with Crippen molar-refractivity contribution in [2.75, 3.05) is 17.7 Å². The van der Waals surface area contributed by atoms with E-state index in [0.29, 0.717) is 0 Å². The van der Waals surface area contributed by atoms with Crippen LogP contribution in [0.2, 0.25) is 0 Å². The Balaban J connectivity index is 2.54. The fourth-order valence-corrected chi connectivity index (χ4v) is 2.36. The number of benzene rings is 2. The zero-order valence-electron chi connectivity index (χ0n) is 9.22. The van der Waals surface area contributed by atoms with Gasteiger partial charge in [0.2, 0.25) is 0 Å². The number of hydrogen-bond acceptors (Lipinski definition) is 2. The standard InChI is InChI=1S/C13H12N2O/c1-7-3-4-8-12-10(15-13(8)16)6-5-9(14-2)11(7)12/h3-6,14H,1-2H3,(H,15,16). The fourth-order valence-electron chi connectivity index (χ4n) is 2.36. The Morgan fingerprint density at radius 3 is 2.69 bits per heavy atom. The van der Waals surface area contributed by atoms with Crippen LogP contribution in [0.4, 0.5) is 11.4 Å². The van der Waals surface area contributed by atoms with Gasteiger partial charge in [0.1, 0.15) is 0 Å². The number of rotatable bonds is 1. The molecular weight excluding hydrogens is 200 g/mol. The van der Waals surface area contributed by atoms with Crippen molar-refractivity contribution in [2.24, 2.45) is 0 Å². The highest BCUT2D eigenvalue weighted by Gasteiger charge is 2.22. The van der Waals surface area contributed by atoms with Gasteiger partial charge >= 0.3 is 0 Å². The van der Waals surface area contributed by atoms with E-state index in [1.165, 1.54) is 5.56 Å². The van der Waals surface area contributed by atoms with Crippen molar-refractivity contribution >= 4 is 28.1 Å². The summed E-state index contributed by atoms with van der Waals surface area (Å²) in [4.78, 5) is 11.7. The van der Waals surface area contributed by atoms with Crippen molar-refractivity contribution in [3.63, 3.8) is 0 Å². The minimum atomic E-state index is -0.00625. The number of carbonyl (C=O) groups excluding carboxylic acids is 1. The molecule has 0 aromatic heterocycles. The maximum absolute atomic E-state index is 11.7. The van der Waals surface area contributed by atoms with E-state index in [9.17, 15) is 4.79 Å². The van der Waals surface area contributed by atoms with Gasteiger partial charge in [-0.2, -0.15) is 0 Å². The maximum Gasteiger partial charge on any atom is 0.256 e. The number of nitrogens with one attached hydrogen (secondary N) is 2. The predicted molar refractivity (Wildman–Crippen MR) is 66.2 cm³/mol. The molecule has 80 valence electrons. The molecule has 2 N–H and O–H groups in total. The summed E-state index contributed by atoms with van der Waals surface area (Å²) in [6.07, 6.45) is 0. The largest absolute Gasteiger partial charge is 0.388 e. The van der Waals surface area contributed by atoms with Crippen LogP contribution in [0.25, 0.3) is 10.8 Å². The molecule has 2 aromatic carbocycles. The van der Waals surface area contributed by atoms with Gasteiger partial charge in [-0.3, -0.25) is 4.79 Å². The summed E-state index contributed by atoms with van der Waals surface area (Å²) >= 11 is 0. The first-order chi connectivity index (χ1) is 7.72. The minimum Gasteiger partial charge on any atom is -0.388 e. The summed E-state index contributed by atoms with van der Waals surface area (Å²) in [6, 6.07) is 7.83. The van der Waals surface area contributed by atoms with Crippen molar-refractivity contribution < 1.29 is 4.79 Å². The molecule has 3 nitrogen and oxygen atoms in total. The predicted octanol–water partition coefficient (Wildman–Crippen LogP) is 2.76. The average molecular weight is 212 g/mol. The third kappa shape index (κ3) is 0.999. The fraction of sp³-hybridized carbons (Fsp3) is 0.154. The molecule has 0 radical (unpaired) electrons. The van der Waals surface area contributed by atoms with Crippen molar-refractivity contribution in [1.82, 2.24) is 0 Å². The zero-order chi connectivity index (χ0) is 11.3. The van der Waals surface area contributed by atoms with Crippen molar-refractivity contribution in [3.8, 4) is 0 Å². The molecular formula is C13H12N2O. The molecule has 3 heteroatoms. The van der Waals surface area contributed by atoms with E-state index in [4.69, 9.17) is 0 Å². The van der Waals surface area contributed by atoms with Crippen LogP contribution in [0, 0.1) is 6.92 Å². The van der Waals surface area contributed by atoms with Crippen LogP contribution in [0.3, 0.4) is 0 Å². The van der Waals surface area contributed by atoms with E-state index in [2.05, 4.69) is 17.6 Å². The van der Waals surface area contributed by atoms with E-state index in [0.717, 1.165) is 27.7 Å². The van der Waals surface area contributed by atoms with Crippen LogP contribution in [0.1, 0.15) is 15.9 Å². The molecule has 3 rings (SSSR count). The summed E-state index contributed by atoms with van der Waals surface area (Å²) in [5, 5.41) is 8.23. The average Bonchev–Trinajstić information content (AvgIpc) is 2.61. The molecule has 0 bridgehead atoms. The Bertz CT molecular complexity index is 617. The third-order valence-electron chi connectivity index (χ3n) is 3.13. The second kappa shape index (κ2) is 2.98. The molecule has 0 fully saturated rings. The topological polar surface area (TPSA) is 41.1 Å². The van der Waals surface area contributed by atoms with Crippen molar-refractivity contribution in [1.29, 1.82) is 0 Å². The smallest absolute Gasteiger partial charge is 0.256 e. The van der Waals surface area contributed by atoms with Crippen molar-refractivity contribution in [2.45, 2.75) is 6.92 Å². The van der Waals surface area contributed by atoms with E-state index >= 15 is 0 Å². The number of anilines is 2. The highest BCUT2D eigenvalue weighted by Crippen LogP contribution is 2.38. The first-order valence-corrected chi connectivity index (χ1v) is 5.28. The van der Waals surface area contributed by atoms with Crippen LogP contribution in [0.5, 0.6) is 0 Å². The number of amides is 1. The van der Waals surface area contributed by atoms with E-state index in [1.807, 2.05) is 31.3 Å². The van der Waals surface area contributed by atoms with E-state index < -0.39 is 0 Å². The quantitative estimate of drug-likeness (QED) is 0.763. The third-order valence-corrected chi connectivity index (χ3v) is 3.13. The van der Waals surface area contributed by atoms with Crippen LogP contribution < -0.4 is 10.6 Å². The summed E-state index contributed by atoms with van der Waals surface area (Å²) in [5.74, 6) is -0.00625. The number of hydrogen-bond donors (Lipinski definition) is 2. The molecule has 0 spiro atoms. The molecule has 0 saturated carbocycles. The van der Waals surface area contributed by atoms with Gasteiger partial charge in [-0.1, -0.05) is 6.07 Å². The molecule has 16 heavy (non-hydrogen) atoms. The normalized spacial score (nSPS) is 13.0. The summed E-state index contributed by atoms with van der Waals surface area (Å²) < 4.78 is 0. The van der Waals surface area contributed by atoms with E-state index in [1.54, 1.807) is 0 Å². The van der Waals surface area contributed by atoms with Gasteiger partial charge in [0.25, 0.3) is 5.91 Å². The lowest BCUT2D eigenvalue weighted by Crippen LogP contribution is -2.03. The van der Waals surface area contributed by atoms with Crippen LogP contribution >= 0.6 is 0 Å². The van der Waals surface area contributed by atoms with Gasteiger partial charge in [-0.15, -0.1) is 0 Å². The summed E-state index contributed by atoms with van der Waals surface area (Å²) in [6.45, 7) is 2.06. The first kappa shape index (κ1) is 9.21. The molecule has 1 amide bonds. The van der Waals surface area contributed by atoms with Gasteiger partial charge in [0, 0.05) is 34.8 Å². The lowest BCUT2D eigenvalue weighted by molar-refractivity contribution is 0.103. The molecule has 2 aromatic rings. The maximum atomic E-state index is 11.7. The minimum absolute atomic E-state index is 0.00625. The first-order valence-electron chi connectivity index (χ1n) is 5.28. The Kier molecular flexibility index (Phi) is 1.72. The Hall–Kier alpha value is -2.03. The Morgan fingerprint density at radius 1 is 1.12 bits per heavy atom. The zero-order valence-corrected chi connectivity index (χ0v) is 9.22. The van der Waals surface area contributed by atoms with Gasteiger partial charge in [0.15, 0.2) is 0 Å². The highest BCUT2D eigenvalue weighted by molar-refractivity contribution is 6.26. The van der Waals surface area contributed by atoms with Gasteiger partial charge in [0.05, 0.1) is 0 Å². The Labute approximate surface area is 93.5 Å². The number of carbonyl (C=O) groups is 1. The SMILES string of the molecule is CNc1ccc2c3c(ccc(C)c13)C(=O)N2. The molecule has 0 saturated heterocycles. The molecule has 1 aliphatic rings. The molecule has 0 atom stereocenters. The summed E-state index contributed by atoms with van der Waals surface area (Å²) in [7, 11) is 1.90. The van der Waals surface area contributed by atoms with Gasteiger partial charge in [-0.25, -0.2) is 0 Å². The molecule has 0 unspecified atom stereocenters. The van der Waals surface area contributed by atoms with Crippen molar-refractivity contribution in [3.05, 3.63) is 35.4 Å². The lowest BCUT2D eigenvalue weighted by atomic mass is 9.99. The second-order valence-corrected chi connectivity index (χ2v) is 4.04. The van der Waals surface area contributed by atoms with Crippen LogP contribution in [-0.4, -0.2) is 13.0 Å². The Morgan fingerprint density at radius 2 is 1.94 bits per heavy atom. The van der Waals surface area contributed by atoms with Gasteiger partial charge in [-0.05, 0) is 30.7 Å². The lowest BCUT2D eigenvalue weighted by Gasteiger charge is -2.09. The monoisotopic (exact) mass is 212 g/mol. The molecule has 1 aliphatic heterocycles. The van der Waals surface area contributed by atoms with E-state index in [-0.39, 0.29) is 5.91 Å². The highest BCUT2D eigenvalue weighted by atomic mass is 16.1. The van der Waals surface area contributed by atoms with Crippen LogP contribution in [0.15, 0.2) is 24.3 Å². The molecule has 1 heterocycles.